The maximum atomic E-state index is 11.5. The van der Waals surface area contributed by atoms with E-state index in [0.717, 1.165) is 5.57 Å². The van der Waals surface area contributed by atoms with E-state index >= 15 is 0 Å². The van der Waals surface area contributed by atoms with Gasteiger partial charge in [-0.05, 0) is 12.5 Å². The highest BCUT2D eigenvalue weighted by Crippen LogP contribution is 2.26. The zero-order valence-electron chi connectivity index (χ0n) is 7.88. The molecule has 2 heterocycles. The first-order valence-corrected chi connectivity index (χ1v) is 4.58. The van der Waals surface area contributed by atoms with Crippen LogP contribution in [0.5, 0.6) is 0 Å². The summed E-state index contributed by atoms with van der Waals surface area (Å²) in [6.45, 7) is 2.28. The van der Waals surface area contributed by atoms with Crippen LogP contribution in [0.25, 0.3) is 0 Å². The average molecular weight is 199 g/mol. The highest BCUT2D eigenvalue weighted by Gasteiger charge is 2.43. The van der Waals surface area contributed by atoms with Crippen LogP contribution >= 0.6 is 0 Å². The van der Waals surface area contributed by atoms with E-state index in [9.17, 15) is 15.0 Å². The lowest BCUT2D eigenvalue weighted by atomic mass is 10.2. The molecule has 78 valence electrons. The Morgan fingerprint density at radius 2 is 2.29 bits per heavy atom. The maximum Gasteiger partial charge on any atom is 0.255 e. The molecule has 2 aliphatic heterocycles. The molecule has 1 amide bonds. The van der Waals surface area contributed by atoms with Gasteiger partial charge in [0, 0.05) is 6.42 Å². The van der Waals surface area contributed by atoms with E-state index in [-0.39, 0.29) is 6.42 Å². The van der Waals surface area contributed by atoms with Crippen molar-refractivity contribution in [1.29, 1.82) is 0 Å². The van der Waals surface area contributed by atoms with Crippen LogP contribution < -0.4 is 0 Å². The maximum absolute atomic E-state index is 11.5. The molecule has 0 spiro atoms. The molecule has 0 saturated carbocycles. The fraction of sp³-hybridized carbons (Fsp3) is 0.667. The smallest absolute Gasteiger partial charge is 0.255 e. The first kappa shape index (κ1) is 9.64. The number of aliphatic hydroxyl groups is 2. The van der Waals surface area contributed by atoms with Gasteiger partial charge in [0.05, 0.1) is 6.61 Å². The summed E-state index contributed by atoms with van der Waals surface area (Å²) in [5, 5.41) is 18.8. The van der Waals surface area contributed by atoms with Crippen molar-refractivity contribution < 1.29 is 19.7 Å². The third-order valence-electron chi connectivity index (χ3n) is 2.60. The van der Waals surface area contributed by atoms with Gasteiger partial charge >= 0.3 is 0 Å². The number of rotatable bonds is 1. The van der Waals surface area contributed by atoms with Gasteiger partial charge in [0.15, 0.2) is 6.23 Å². The van der Waals surface area contributed by atoms with Gasteiger partial charge in [0.25, 0.3) is 5.91 Å². The molecule has 1 fully saturated rings. The van der Waals surface area contributed by atoms with Crippen LogP contribution in [0.4, 0.5) is 0 Å². The molecule has 0 aromatic rings. The van der Waals surface area contributed by atoms with Crippen LogP contribution in [-0.4, -0.2) is 46.2 Å². The van der Waals surface area contributed by atoms with E-state index in [1.165, 1.54) is 4.90 Å². The van der Waals surface area contributed by atoms with Crippen LogP contribution in [0.3, 0.4) is 0 Å². The molecular formula is C9H13NO4. The number of hydrogen-bond donors (Lipinski definition) is 2. The van der Waals surface area contributed by atoms with E-state index in [1.807, 2.05) is 13.0 Å². The quantitative estimate of drug-likeness (QED) is 0.542. The van der Waals surface area contributed by atoms with Crippen molar-refractivity contribution in [2.45, 2.75) is 31.9 Å². The van der Waals surface area contributed by atoms with Crippen molar-refractivity contribution >= 4 is 5.91 Å². The lowest BCUT2D eigenvalue weighted by Crippen LogP contribution is -2.43. The molecule has 0 aromatic carbocycles. The fourth-order valence-electron chi connectivity index (χ4n) is 1.81. The van der Waals surface area contributed by atoms with Crippen LogP contribution in [0, 0.1) is 0 Å². The number of carbonyl (C=O) groups is 1. The van der Waals surface area contributed by atoms with Crippen molar-refractivity contribution in [3.8, 4) is 0 Å². The van der Waals surface area contributed by atoms with E-state index in [4.69, 9.17) is 4.74 Å². The normalized spacial score (nSPS) is 37.9. The minimum Gasteiger partial charge on any atom is -0.383 e. The van der Waals surface area contributed by atoms with Gasteiger partial charge in [-0.15, -0.1) is 0 Å². The Bertz CT molecular complexity index is 289. The third-order valence-corrected chi connectivity index (χ3v) is 2.60. The van der Waals surface area contributed by atoms with Gasteiger partial charge < -0.3 is 14.9 Å². The lowest BCUT2D eigenvalue weighted by molar-refractivity contribution is -0.151. The molecule has 0 radical (unpaired) electrons. The SMILES string of the molecule is CC1=CCO[C@@H]1N1C(=O)[C@H](O)C[C@H]1O. The van der Waals surface area contributed by atoms with Crippen LogP contribution in [0.15, 0.2) is 11.6 Å². The second kappa shape index (κ2) is 3.34. The molecule has 0 aromatic heterocycles. The first-order chi connectivity index (χ1) is 6.61. The van der Waals surface area contributed by atoms with Crippen molar-refractivity contribution in [2.24, 2.45) is 0 Å². The summed E-state index contributed by atoms with van der Waals surface area (Å²) >= 11 is 0. The highest BCUT2D eigenvalue weighted by molar-refractivity contribution is 5.83. The Labute approximate surface area is 81.6 Å². The second-order valence-corrected chi connectivity index (χ2v) is 3.61. The summed E-state index contributed by atoms with van der Waals surface area (Å²) in [5.41, 5.74) is 0.895. The summed E-state index contributed by atoms with van der Waals surface area (Å²) in [4.78, 5) is 12.7. The van der Waals surface area contributed by atoms with Crippen LogP contribution in [-0.2, 0) is 9.53 Å². The predicted octanol–water partition coefficient (Wildman–Crippen LogP) is -0.799. The summed E-state index contributed by atoms with van der Waals surface area (Å²) in [6, 6.07) is 0. The Morgan fingerprint density at radius 1 is 1.57 bits per heavy atom. The molecule has 0 bridgehead atoms. The number of likely N-dealkylation sites (tertiary alicyclic amines) is 1. The van der Waals surface area contributed by atoms with Crippen LogP contribution in [0.2, 0.25) is 0 Å². The fourth-order valence-corrected chi connectivity index (χ4v) is 1.81. The largest absolute Gasteiger partial charge is 0.383 e. The van der Waals surface area contributed by atoms with E-state index in [2.05, 4.69) is 0 Å². The monoisotopic (exact) mass is 199 g/mol. The molecule has 5 nitrogen and oxygen atoms in total. The van der Waals surface area contributed by atoms with Crippen molar-refractivity contribution in [3.05, 3.63) is 11.6 Å². The molecule has 3 atom stereocenters. The Morgan fingerprint density at radius 3 is 2.71 bits per heavy atom. The highest BCUT2D eigenvalue weighted by atomic mass is 16.5. The molecule has 0 unspecified atom stereocenters. The van der Waals surface area contributed by atoms with Gasteiger partial charge in [-0.3, -0.25) is 9.69 Å². The molecule has 14 heavy (non-hydrogen) atoms. The summed E-state index contributed by atoms with van der Waals surface area (Å²) in [5.74, 6) is -0.461. The minimum atomic E-state index is -1.10. The average Bonchev–Trinajstić information content (AvgIpc) is 2.60. The lowest BCUT2D eigenvalue weighted by Gasteiger charge is -2.27. The molecule has 2 aliphatic rings. The second-order valence-electron chi connectivity index (χ2n) is 3.61. The molecule has 1 saturated heterocycles. The van der Waals surface area contributed by atoms with Crippen molar-refractivity contribution in [1.82, 2.24) is 4.90 Å². The molecule has 5 heteroatoms. The summed E-state index contributed by atoms with van der Waals surface area (Å²) in [7, 11) is 0. The number of hydrogen-bond acceptors (Lipinski definition) is 4. The number of nitrogens with zero attached hydrogens (tertiary/aromatic N) is 1. The summed E-state index contributed by atoms with van der Waals surface area (Å²) < 4.78 is 5.28. The molecular weight excluding hydrogens is 186 g/mol. The number of carbonyl (C=O) groups excluding carboxylic acids is 1. The Hall–Kier alpha value is -0.910. The van der Waals surface area contributed by atoms with Gasteiger partial charge in [0.1, 0.15) is 12.3 Å². The van der Waals surface area contributed by atoms with Crippen LogP contribution in [0.1, 0.15) is 13.3 Å². The number of ether oxygens (including phenoxy) is 1. The van der Waals surface area contributed by atoms with E-state index in [1.54, 1.807) is 0 Å². The summed E-state index contributed by atoms with van der Waals surface area (Å²) in [6.07, 6.45) is -0.623. The Kier molecular flexibility index (Phi) is 2.30. The zero-order chi connectivity index (χ0) is 10.3. The minimum absolute atomic E-state index is 0.0615. The molecule has 0 aliphatic carbocycles. The predicted molar refractivity (Wildman–Crippen MR) is 47.0 cm³/mol. The topological polar surface area (TPSA) is 70.0 Å². The molecule has 2 N–H and O–H groups in total. The van der Waals surface area contributed by atoms with Gasteiger partial charge in [0.2, 0.25) is 0 Å². The first-order valence-electron chi connectivity index (χ1n) is 4.58. The molecule has 2 rings (SSSR count). The van der Waals surface area contributed by atoms with Crippen molar-refractivity contribution in [2.75, 3.05) is 6.61 Å². The number of aliphatic hydroxyl groups excluding tert-OH is 2. The van der Waals surface area contributed by atoms with Gasteiger partial charge in [-0.25, -0.2) is 0 Å². The standard InChI is InChI=1S/C9H13NO4/c1-5-2-3-14-9(5)10-7(12)4-6(11)8(10)13/h2,6-7,9,11-12H,3-4H2,1H3/t6-,7-,9+/m1/s1. The van der Waals surface area contributed by atoms with E-state index < -0.39 is 24.5 Å². The number of amides is 1. The third kappa shape index (κ3) is 1.33. The van der Waals surface area contributed by atoms with E-state index in [0.29, 0.717) is 6.61 Å². The Balaban J connectivity index is 2.18. The van der Waals surface area contributed by atoms with Gasteiger partial charge in [-0.2, -0.15) is 0 Å². The van der Waals surface area contributed by atoms with Crippen molar-refractivity contribution in [3.63, 3.8) is 0 Å². The zero-order valence-corrected chi connectivity index (χ0v) is 7.88. The van der Waals surface area contributed by atoms with Gasteiger partial charge in [-0.1, -0.05) is 6.08 Å².